The molecule has 0 saturated carbocycles. The summed E-state index contributed by atoms with van der Waals surface area (Å²) >= 11 is 3.27. The average molecular weight is 462 g/mol. The lowest BCUT2D eigenvalue weighted by Crippen LogP contribution is -2.28. The third kappa shape index (κ3) is 4.85. The first-order valence-electron chi connectivity index (χ1n) is 7.74. The highest BCUT2D eigenvalue weighted by molar-refractivity contribution is 9.10. The summed E-state index contributed by atoms with van der Waals surface area (Å²) in [6, 6.07) is 10.4. The zero-order valence-electron chi connectivity index (χ0n) is 14.6. The molecule has 0 radical (unpaired) electrons. The lowest BCUT2D eigenvalue weighted by Gasteiger charge is -2.19. The molecular weight excluding hydrogens is 442 g/mol. The van der Waals surface area contributed by atoms with E-state index in [0.29, 0.717) is 16.5 Å². The first kappa shape index (κ1) is 20.9. The van der Waals surface area contributed by atoms with Crippen molar-refractivity contribution >= 4 is 35.8 Å². The van der Waals surface area contributed by atoms with E-state index in [-0.39, 0.29) is 15.5 Å². The third-order valence-electron chi connectivity index (χ3n) is 3.83. The zero-order chi connectivity index (χ0) is 19.5. The Labute approximate surface area is 162 Å². The smallest absolute Gasteiger partial charge is 0.244 e. The molecule has 9 heteroatoms. The van der Waals surface area contributed by atoms with Gasteiger partial charge in [-0.15, -0.1) is 0 Å². The van der Waals surface area contributed by atoms with E-state index in [1.165, 1.54) is 25.3 Å². The van der Waals surface area contributed by atoms with E-state index >= 15 is 0 Å². The van der Waals surface area contributed by atoms with Gasteiger partial charge in [-0.2, -0.15) is 0 Å². The van der Waals surface area contributed by atoms with Crippen molar-refractivity contribution in [2.24, 2.45) is 0 Å². The normalized spacial score (nSPS) is 13.4. The number of benzene rings is 2. The van der Waals surface area contributed by atoms with Crippen molar-refractivity contribution in [2.45, 2.75) is 29.2 Å². The van der Waals surface area contributed by atoms with Crippen molar-refractivity contribution in [3.8, 4) is 5.75 Å². The minimum absolute atomic E-state index is 0.0283. The van der Waals surface area contributed by atoms with Crippen molar-refractivity contribution in [2.75, 3.05) is 13.4 Å². The van der Waals surface area contributed by atoms with Crippen LogP contribution in [0.25, 0.3) is 0 Å². The molecule has 1 atom stereocenters. The van der Waals surface area contributed by atoms with E-state index < -0.39 is 25.9 Å². The highest BCUT2D eigenvalue weighted by atomic mass is 79.9. The fraction of sp³-hybridized carbons (Fsp3) is 0.294. The van der Waals surface area contributed by atoms with Crippen LogP contribution in [-0.4, -0.2) is 30.2 Å². The number of rotatable bonds is 7. The second-order valence-electron chi connectivity index (χ2n) is 5.72. The van der Waals surface area contributed by atoms with Crippen LogP contribution in [0.15, 0.2) is 56.7 Å². The van der Waals surface area contributed by atoms with Crippen LogP contribution in [0.4, 0.5) is 0 Å². The quantitative estimate of drug-likeness (QED) is 0.682. The van der Waals surface area contributed by atoms with Gasteiger partial charge in [0.15, 0.2) is 9.84 Å². The number of nitrogens with one attached hydrogen (secondary N) is 1. The first-order valence-corrected chi connectivity index (χ1v) is 11.9. The number of sulfonamides is 1. The monoisotopic (exact) mass is 461 g/mol. The van der Waals surface area contributed by atoms with E-state index in [0.717, 1.165) is 6.26 Å². The van der Waals surface area contributed by atoms with Gasteiger partial charge in [0.2, 0.25) is 10.0 Å². The molecule has 0 bridgehead atoms. The van der Waals surface area contributed by atoms with Gasteiger partial charge < -0.3 is 4.74 Å². The highest BCUT2D eigenvalue weighted by Gasteiger charge is 2.24. The van der Waals surface area contributed by atoms with E-state index in [1.54, 1.807) is 24.3 Å². The van der Waals surface area contributed by atoms with Gasteiger partial charge in [-0.3, -0.25) is 0 Å². The largest absolute Gasteiger partial charge is 0.495 e. The van der Waals surface area contributed by atoms with Gasteiger partial charge in [-0.05, 0) is 42.3 Å². The molecule has 0 fully saturated rings. The Bertz CT molecular complexity index is 986. The lowest BCUT2D eigenvalue weighted by molar-refractivity contribution is 0.401. The Morgan fingerprint density at radius 2 is 1.69 bits per heavy atom. The van der Waals surface area contributed by atoms with Gasteiger partial charge in [0.25, 0.3) is 0 Å². The molecule has 2 aromatic rings. The Balaban J connectivity index is 2.36. The average Bonchev–Trinajstić information content (AvgIpc) is 2.59. The molecular formula is C17H20BrNO5S2. The molecule has 0 amide bonds. The predicted octanol–water partition coefficient (Wildman–Crippen LogP) is 3.29. The number of hydrogen-bond donors (Lipinski definition) is 1. The van der Waals surface area contributed by atoms with Crippen molar-refractivity contribution in [3.05, 3.63) is 52.5 Å². The van der Waals surface area contributed by atoms with Crippen molar-refractivity contribution in [1.82, 2.24) is 4.72 Å². The molecule has 1 unspecified atom stereocenters. The summed E-state index contributed by atoms with van der Waals surface area (Å²) in [4.78, 5) is 0.216. The summed E-state index contributed by atoms with van der Waals surface area (Å²) in [5.74, 6) is 0.239. The van der Waals surface area contributed by atoms with Crippen LogP contribution in [0, 0.1) is 0 Å². The van der Waals surface area contributed by atoms with E-state index in [2.05, 4.69) is 20.7 Å². The summed E-state index contributed by atoms with van der Waals surface area (Å²) < 4.78 is 57.2. The van der Waals surface area contributed by atoms with Crippen molar-refractivity contribution < 1.29 is 21.6 Å². The Kier molecular flexibility index (Phi) is 6.49. The maximum atomic E-state index is 12.8. The van der Waals surface area contributed by atoms with Gasteiger partial charge >= 0.3 is 0 Å². The predicted molar refractivity (Wildman–Crippen MR) is 104 cm³/mol. The standard InChI is InChI=1S/C17H20BrNO5S2/c1-4-15(12-5-8-14(9-6-12)25(3,20)21)19-26(22,23)17-11-13(18)7-10-16(17)24-2/h5-11,15,19H,4H2,1-3H3. The number of ether oxygens (including phenoxy) is 1. The van der Waals surface area contributed by atoms with E-state index in [4.69, 9.17) is 4.74 Å². The second kappa shape index (κ2) is 8.08. The van der Waals surface area contributed by atoms with Crippen molar-refractivity contribution in [1.29, 1.82) is 0 Å². The molecule has 2 rings (SSSR count). The molecule has 0 saturated heterocycles. The van der Waals surface area contributed by atoms with Gasteiger partial charge in [0, 0.05) is 16.8 Å². The Morgan fingerprint density at radius 1 is 1.08 bits per heavy atom. The molecule has 0 aliphatic rings. The molecule has 1 N–H and O–H groups in total. The van der Waals surface area contributed by atoms with Crippen LogP contribution in [0.1, 0.15) is 24.9 Å². The molecule has 0 heterocycles. The second-order valence-corrected chi connectivity index (χ2v) is 10.3. The van der Waals surface area contributed by atoms with E-state index in [9.17, 15) is 16.8 Å². The van der Waals surface area contributed by atoms with Gasteiger partial charge in [-0.25, -0.2) is 21.6 Å². The fourth-order valence-corrected chi connectivity index (χ4v) is 5.09. The molecule has 0 aliphatic heterocycles. The number of methoxy groups -OCH3 is 1. The highest BCUT2D eigenvalue weighted by Crippen LogP contribution is 2.29. The number of hydrogen-bond acceptors (Lipinski definition) is 5. The van der Waals surface area contributed by atoms with Crippen molar-refractivity contribution in [3.63, 3.8) is 0 Å². The maximum absolute atomic E-state index is 12.8. The Morgan fingerprint density at radius 3 is 2.19 bits per heavy atom. The summed E-state index contributed by atoms with van der Waals surface area (Å²) in [7, 11) is -5.74. The van der Waals surface area contributed by atoms with Gasteiger partial charge in [-0.1, -0.05) is 35.0 Å². The maximum Gasteiger partial charge on any atom is 0.244 e. The van der Waals surface area contributed by atoms with Crippen LogP contribution < -0.4 is 9.46 Å². The van der Waals surface area contributed by atoms with E-state index in [1.807, 2.05) is 6.92 Å². The van der Waals surface area contributed by atoms with Crippen LogP contribution in [0.3, 0.4) is 0 Å². The first-order chi connectivity index (χ1) is 12.1. The molecule has 142 valence electrons. The van der Waals surface area contributed by atoms with Crippen LogP contribution in [0.2, 0.25) is 0 Å². The summed E-state index contributed by atoms with van der Waals surface area (Å²) in [5, 5.41) is 0. The van der Waals surface area contributed by atoms with Crippen LogP contribution >= 0.6 is 15.9 Å². The molecule has 0 aliphatic carbocycles. The fourth-order valence-electron chi connectivity index (χ4n) is 2.45. The minimum atomic E-state index is -3.85. The third-order valence-corrected chi connectivity index (χ3v) is 6.95. The summed E-state index contributed by atoms with van der Waals surface area (Å²) in [6.07, 6.45) is 1.62. The summed E-state index contributed by atoms with van der Waals surface area (Å²) in [6.45, 7) is 1.84. The molecule has 0 spiro atoms. The minimum Gasteiger partial charge on any atom is -0.495 e. The van der Waals surface area contributed by atoms with Crippen LogP contribution in [-0.2, 0) is 19.9 Å². The van der Waals surface area contributed by atoms with Gasteiger partial charge in [0.1, 0.15) is 10.6 Å². The summed E-state index contributed by atoms with van der Waals surface area (Å²) in [5.41, 5.74) is 0.678. The van der Waals surface area contributed by atoms with Gasteiger partial charge in [0.05, 0.1) is 12.0 Å². The number of sulfone groups is 1. The van der Waals surface area contributed by atoms with Crippen LogP contribution in [0.5, 0.6) is 5.75 Å². The molecule has 26 heavy (non-hydrogen) atoms. The Hall–Kier alpha value is -1.42. The SMILES string of the molecule is CCC(NS(=O)(=O)c1cc(Br)ccc1OC)c1ccc(S(C)(=O)=O)cc1. The molecule has 2 aromatic carbocycles. The number of halogens is 1. The topological polar surface area (TPSA) is 89.5 Å². The molecule has 6 nitrogen and oxygen atoms in total. The lowest BCUT2D eigenvalue weighted by atomic mass is 10.1. The molecule has 0 aromatic heterocycles. The zero-order valence-corrected chi connectivity index (χ0v) is 17.8.